The van der Waals surface area contributed by atoms with Gasteiger partial charge in [0.05, 0.1) is 20.0 Å². The minimum absolute atomic E-state index is 0.180. The van der Waals surface area contributed by atoms with Gasteiger partial charge in [-0.05, 0) is 68.3 Å². The van der Waals surface area contributed by atoms with Crippen molar-refractivity contribution >= 4 is 39.7 Å². The first-order valence-electron chi connectivity index (χ1n) is 12.0. The van der Waals surface area contributed by atoms with Gasteiger partial charge >= 0.3 is 0 Å². The molecule has 4 rings (SSSR count). The molecular formula is C30H30N2O5. The SMILES string of the molecule is CCOc1c(/C(C)=C/C(=O)Nc2cccc(NC(C)=O)c2)cc2c(-c3cccc(OC)c3)coc2c1C. The fourth-order valence-corrected chi connectivity index (χ4v) is 4.28. The molecule has 3 aromatic carbocycles. The zero-order valence-corrected chi connectivity index (χ0v) is 21.6. The third-order valence-corrected chi connectivity index (χ3v) is 5.94. The molecule has 0 saturated heterocycles. The summed E-state index contributed by atoms with van der Waals surface area (Å²) in [5.41, 5.74) is 6.21. The van der Waals surface area contributed by atoms with Crippen molar-refractivity contribution in [3.8, 4) is 22.6 Å². The van der Waals surface area contributed by atoms with Crippen molar-refractivity contribution in [3.63, 3.8) is 0 Å². The first kappa shape index (κ1) is 25.6. The zero-order valence-electron chi connectivity index (χ0n) is 21.6. The largest absolute Gasteiger partial charge is 0.497 e. The lowest BCUT2D eigenvalue weighted by Crippen LogP contribution is -2.10. The molecule has 2 N–H and O–H groups in total. The van der Waals surface area contributed by atoms with Crippen LogP contribution in [0, 0.1) is 6.92 Å². The standard InChI is InChI=1S/C30H30N2O5/c1-6-36-29-19(3)30-26(27(17-37-30)21-9-7-12-24(14-21)35-5)16-25(29)18(2)13-28(34)32-23-11-8-10-22(15-23)31-20(4)33/h7-17H,6H2,1-5H3,(H,31,33)(H,32,34)/b18-13+. The second-order valence-electron chi connectivity index (χ2n) is 8.65. The van der Waals surface area contributed by atoms with E-state index in [2.05, 4.69) is 10.6 Å². The van der Waals surface area contributed by atoms with Gasteiger partial charge in [-0.3, -0.25) is 9.59 Å². The van der Waals surface area contributed by atoms with E-state index in [4.69, 9.17) is 13.9 Å². The zero-order chi connectivity index (χ0) is 26.5. The van der Waals surface area contributed by atoms with Crippen LogP contribution in [0.5, 0.6) is 11.5 Å². The summed E-state index contributed by atoms with van der Waals surface area (Å²) in [4.78, 5) is 24.3. The molecule has 0 aliphatic carbocycles. The van der Waals surface area contributed by atoms with Crippen molar-refractivity contribution in [3.05, 3.63) is 78.1 Å². The van der Waals surface area contributed by atoms with E-state index in [-0.39, 0.29) is 11.8 Å². The third kappa shape index (κ3) is 5.67. The van der Waals surface area contributed by atoms with Crippen LogP contribution in [-0.2, 0) is 9.59 Å². The average molecular weight is 499 g/mol. The number of ether oxygens (including phenoxy) is 2. The van der Waals surface area contributed by atoms with Gasteiger partial charge in [-0.1, -0.05) is 18.2 Å². The van der Waals surface area contributed by atoms with Crippen LogP contribution in [0.1, 0.15) is 31.9 Å². The maximum Gasteiger partial charge on any atom is 0.248 e. The Labute approximate surface area is 216 Å². The fourth-order valence-electron chi connectivity index (χ4n) is 4.28. The van der Waals surface area contributed by atoms with Gasteiger partial charge < -0.3 is 24.5 Å². The number of furan rings is 1. The summed E-state index contributed by atoms with van der Waals surface area (Å²) in [5, 5.41) is 6.50. The monoisotopic (exact) mass is 498 g/mol. The van der Waals surface area contributed by atoms with E-state index in [1.807, 2.05) is 51.1 Å². The predicted octanol–water partition coefficient (Wildman–Crippen LogP) is 6.82. The summed E-state index contributed by atoms with van der Waals surface area (Å²) in [6, 6.07) is 16.8. The second-order valence-corrected chi connectivity index (χ2v) is 8.65. The number of anilines is 2. The van der Waals surface area contributed by atoms with Gasteiger partial charge in [0.15, 0.2) is 0 Å². The predicted molar refractivity (Wildman–Crippen MR) is 147 cm³/mol. The molecule has 2 amide bonds. The Bertz CT molecular complexity index is 1500. The molecule has 0 fully saturated rings. The van der Waals surface area contributed by atoms with Crippen molar-refractivity contribution in [2.45, 2.75) is 27.7 Å². The Morgan fingerprint density at radius 1 is 1.00 bits per heavy atom. The van der Waals surface area contributed by atoms with Gasteiger partial charge in [-0.2, -0.15) is 0 Å². The number of fused-ring (bicyclic) bond motifs is 1. The Morgan fingerprint density at radius 3 is 2.43 bits per heavy atom. The first-order chi connectivity index (χ1) is 17.8. The van der Waals surface area contributed by atoms with E-state index in [0.29, 0.717) is 23.7 Å². The fraction of sp³-hybridized carbons (Fsp3) is 0.200. The Kier molecular flexibility index (Phi) is 7.63. The summed E-state index contributed by atoms with van der Waals surface area (Å²) in [6.07, 6.45) is 3.28. The Hall–Kier alpha value is -4.52. The van der Waals surface area contributed by atoms with Crippen LogP contribution >= 0.6 is 0 Å². The topological polar surface area (TPSA) is 89.8 Å². The van der Waals surface area contributed by atoms with Crippen molar-refractivity contribution in [2.24, 2.45) is 0 Å². The number of nitrogens with one attached hydrogen (secondary N) is 2. The molecule has 0 bridgehead atoms. The number of carbonyl (C=O) groups excluding carboxylic acids is 2. The first-order valence-corrected chi connectivity index (χ1v) is 12.0. The molecule has 0 radical (unpaired) electrons. The van der Waals surface area contributed by atoms with Crippen LogP contribution in [0.4, 0.5) is 11.4 Å². The normalized spacial score (nSPS) is 11.3. The number of amides is 2. The van der Waals surface area contributed by atoms with Crippen LogP contribution in [-0.4, -0.2) is 25.5 Å². The third-order valence-electron chi connectivity index (χ3n) is 5.94. The van der Waals surface area contributed by atoms with Gasteiger partial charge in [0, 0.05) is 46.5 Å². The van der Waals surface area contributed by atoms with Gasteiger partial charge in [-0.15, -0.1) is 0 Å². The van der Waals surface area contributed by atoms with Gasteiger partial charge in [0.1, 0.15) is 17.1 Å². The number of methoxy groups -OCH3 is 1. The highest BCUT2D eigenvalue weighted by atomic mass is 16.5. The van der Waals surface area contributed by atoms with Crippen molar-refractivity contribution in [2.75, 3.05) is 24.4 Å². The van der Waals surface area contributed by atoms with Crippen molar-refractivity contribution in [1.29, 1.82) is 0 Å². The summed E-state index contributed by atoms with van der Waals surface area (Å²) in [6.45, 7) is 7.66. The van der Waals surface area contributed by atoms with E-state index in [1.165, 1.54) is 6.92 Å². The summed E-state index contributed by atoms with van der Waals surface area (Å²) >= 11 is 0. The average Bonchev–Trinajstić information content (AvgIpc) is 3.29. The molecule has 190 valence electrons. The molecule has 7 nitrogen and oxygen atoms in total. The molecule has 4 aromatic rings. The number of hydrogen-bond donors (Lipinski definition) is 2. The molecule has 0 saturated carbocycles. The van der Waals surface area contributed by atoms with Crippen molar-refractivity contribution < 1.29 is 23.5 Å². The lowest BCUT2D eigenvalue weighted by Gasteiger charge is -2.15. The number of carbonyl (C=O) groups is 2. The highest BCUT2D eigenvalue weighted by Crippen LogP contribution is 2.41. The quantitative estimate of drug-likeness (QED) is 0.260. The number of rotatable bonds is 8. The van der Waals surface area contributed by atoms with Crippen LogP contribution in [0.3, 0.4) is 0 Å². The molecule has 7 heteroatoms. The Morgan fingerprint density at radius 2 is 1.73 bits per heavy atom. The van der Waals surface area contributed by atoms with Crippen LogP contribution in [0.25, 0.3) is 27.7 Å². The summed E-state index contributed by atoms with van der Waals surface area (Å²) in [7, 11) is 1.64. The molecule has 0 aliphatic rings. The molecular weight excluding hydrogens is 468 g/mol. The second kappa shape index (κ2) is 11.0. The van der Waals surface area contributed by atoms with Gasteiger partial charge in [0.2, 0.25) is 11.8 Å². The molecule has 1 heterocycles. The van der Waals surface area contributed by atoms with Crippen LogP contribution in [0.15, 0.2) is 71.4 Å². The van der Waals surface area contributed by atoms with E-state index in [9.17, 15) is 9.59 Å². The minimum atomic E-state index is -0.294. The molecule has 0 aliphatic heterocycles. The number of benzene rings is 3. The minimum Gasteiger partial charge on any atom is -0.497 e. The van der Waals surface area contributed by atoms with Gasteiger partial charge in [0.25, 0.3) is 0 Å². The number of hydrogen-bond acceptors (Lipinski definition) is 5. The maximum atomic E-state index is 12.9. The highest BCUT2D eigenvalue weighted by molar-refractivity contribution is 6.06. The maximum absolute atomic E-state index is 12.9. The summed E-state index contributed by atoms with van der Waals surface area (Å²) in [5.74, 6) is 0.958. The van der Waals surface area contributed by atoms with Crippen LogP contribution < -0.4 is 20.1 Å². The molecule has 0 spiro atoms. The highest BCUT2D eigenvalue weighted by Gasteiger charge is 2.19. The summed E-state index contributed by atoms with van der Waals surface area (Å²) < 4.78 is 17.4. The number of aryl methyl sites for hydroxylation is 1. The molecule has 0 atom stereocenters. The van der Waals surface area contributed by atoms with E-state index in [1.54, 1.807) is 43.7 Å². The molecule has 37 heavy (non-hydrogen) atoms. The smallest absolute Gasteiger partial charge is 0.248 e. The lowest BCUT2D eigenvalue weighted by atomic mass is 9.96. The van der Waals surface area contributed by atoms with E-state index >= 15 is 0 Å². The van der Waals surface area contributed by atoms with Crippen LogP contribution in [0.2, 0.25) is 0 Å². The van der Waals surface area contributed by atoms with E-state index in [0.717, 1.165) is 44.5 Å². The molecule has 0 unspecified atom stereocenters. The number of allylic oxidation sites excluding steroid dienone is 1. The molecule has 1 aromatic heterocycles. The van der Waals surface area contributed by atoms with E-state index < -0.39 is 0 Å². The lowest BCUT2D eigenvalue weighted by molar-refractivity contribution is -0.114. The van der Waals surface area contributed by atoms with Crippen molar-refractivity contribution in [1.82, 2.24) is 0 Å². The van der Waals surface area contributed by atoms with Gasteiger partial charge in [-0.25, -0.2) is 0 Å². The Balaban J connectivity index is 1.72.